The molecule has 0 fully saturated rings. The van der Waals surface area contributed by atoms with E-state index < -0.39 is 6.10 Å². The van der Waals surface area contributed by atoms with Crippen molar-refractivity contribution in [2.75, 3.05) is 12.0 Å². The number of amides is 1. The van der Waals surface area contributed by atoms with Crippen LogP contribution in [0.5, 0.6) is 0 Å². The molecule has 3 nitrogen and oxygen atoms in total. The second kappa shape index (κ2) is 7.44. The fourth-order valence-corrected chi connectivity index (χ4v) is 2.06. The summed E-state index contributed by atoms with van der Waals surface area (Å²) in [6.45, 7) is 3.86. The van der Waals surface area contributed by atoms with Gasteiger partial charge >= 0.3 is 0 Å². The topological polar surface area (TPSA) is 49.3 Å². The number of aliphatic hydroxyl groups is 1. The maximum atomic E-state index is 11.7. The Hall–Kier alpha value is -1.00. The summed E-state index contributed by atoms with van der Waals surface area (Å²) in [4.78, 5) is 11.7. The van der Waals surface area contributed by atoms with E-state index in [1.165, 1.54) is 0 Å². The molecule has 0 aliphatic carbocycles. The van der Waals surface area contributed by atoms with Crippen LogP contribution in [0.25, 0.3) is 0 Å². The van der Waals surface area contributed by atoms with Gasteiger partial charge in [0.15, 0.2) is 0 Å². The highest BCUT2D eigenvalue weighted by Gasteiger charge is 2.10. The first-order chi connectivity index (χ1) is 8.54. The Morgan fingerprint density at radius 3 is 2.44 bits per heavy atom. The molecule has 1 amide bonds. The monoisotopic (exact) mass is 267 g/mol. The van der Waals surface area contributed by atoms with Crippen molar-refractivity contribution in [3.63, 3.8) is 0 Å². The Morgan fingerprint density at radius 2 is 1.94 bits per heavy atom. The molecule has 18 heavy (non-hydrogen) atoms. The molecule has 4 heteroatoms. The molecule has 0 aliphatic rings. The Labute approximate surface area is 113 Å². The normalized spacial score (nSPS) is 12.5. The van der Waals surface area contributed by atoms with E-state index in [0.717, 1.165) is 17.7 Å². The summed E-state index contributed by atoms with van der Waals surface area (Å²) in [7, 11) is 0. The van der Waals surface area contributed by atoms with Gasteiger partial charge in [0.1, 0.15) is 0 Å². The molecule has 0 bridgehead atoms. The van der Waals surface area contributed by atoms with Gasteiger partial charge in [-0.3, -0.25) is 4.79 Å². The maximum Gasteiger partial charge on any atom is 0.251 e. The van der Waals surface area contributed by atoms with Crippen molar-refractivity contribution >= 4 is 17.7 Å². The van der Waals surface area contributed by atoms with Gasteiger partial charge in [0.05, 0.1) is 6.10 Å². The van der Waals surface area contributed by atoms with Crippen molar-refractivity contribution in [1.82, 2.24) is 5.32 Å². The van der Waals surface area contributed by atoms with E-state index in [-0.39, 0.29) is 11.9 Å². The Kier molecular flexibility index (Phi) is 6.22. The molecule has 0 heterocycles. The molecule has 1 aromatic carbocycles. The van der Waals surface area contributed by atoms with E-state index in [4.69, 9.17) is 0 Å². The lowest BCUT2D eigenvalue weighted by molar-refractivity contribution is 0.0943. The van der Waals surface area contributed by atoms with Gasteiger partial charge in [0.25, 0.3) is 5.91 Å². The van der Waals surface area contributed by atoms with E-state index in [1.807, 2.05) is 32.2 Å². The first kappa shape index (κ1) is 15.1. The van der Waals surface area contributed by atoms with Gasteiger partial charge < -0.3 is 10.4 Å². The van der Waals surface area contributed by atoms with E-state index in [1.54, 1.807) is 23.9 Å². The number of aliphatic hydroxyl groups excluding tert-OH is 1. The third-order valence-electron chi connectivity index (χ3n) is 2.57. The van der Waals surface area contributed by atoms with Gasteiger partial charge in [0, 0.05) is 11.6 Å². The highest BCUT2D eigenvalue weighted by atomic mass is 32.2. The van der Waals surface area contributed by atoms with Crippen LogP contribution >= 0.6 is 11.8 Å². The molecule has 1 unspecified atom stereocenters. The number of hydrogen-bond donors (Lipinski definition) is 2. The first-order valence-corrected chi connectivity index (χ1v) is 7.51. The number of benzene rings is 1. The summed E-state index contributed by atoms with van der Waals surface area (Å²) < 4.78 is 0. The van der Waals surface area contributed by atoms with Gasteiger partial charge in [-0.05, 0) is 50.0 Å². The summed E-state index contributed by atoms with van der Waals surface area (Å²) >= 11 is 1.72. The van der Waals surface area contributed by atoms with Crippen molar-refractivity contribution in [2.45, 2.75) is 32.4 Å². The van der Waals surface area contributed by atoms with Gasteiger partial charge in [-0.1, -0.05) is 12.1 Å². The van der Waals surface area contributed by atoms with Crippen molar-refractivity contribution in [3.05, 3.63) is 35.4 Å². The van der Waals surface area contributed by atoms with Crippen LogP contribution < -0.4 is 5.32 Å². The fraction of sp³-hybridized carbons (Fsp3) is 0.500. The molecule has 0 aliphatic heterocycles. The zero-order valence-corrected chi connectivity index (χ0v) is 12.0. The second-order valence-electron chi connectivity index (χ2n) is 4.55. The van der Waals surface area contributed by atoms with E-state index in [9.17, 15) is 9.90 Å². The highest BCUT2D eigenvalue weighted by molar-refractivity contribution is 7.98. The summed E-state index contributed by atoms with van der Waals surface area (Å²) in [5.41, 5.74) is 1.50. The summed E-state index contributed by atoms with van der Waals surface area (Å²) in [5.74, 6) is 0.853. The quantitative estimate of drug-likeness (QED) is 0.833. The molecule has 0 aromatic heterocycles. The lowest BCUT2D eigenvalue weighted by Gasteiger charge is -2.12. The summed E-state index contributed by atoms with van der Waals surface area (Å²) in [6.07, 6.45) is 2.31. The van der Waals surface area contributed by atoms with Gasteiger partial charge in [-0.15, -0.1) is 0 Å². The minimum atomic E-state index is -0.445. The highest BCUT2D eigenvalue weighted by Crippen LogP contribution is 2.18. The van der Waals surface area contributed by atoms with Gasteiger partial charge in [-0.25, -0.2) is 0 Å². The Balaban J connectivity index is 2.64. The number of hydrogen-bond acceptors (Lipinski definition) is 3. The van der Waals surface area contributed by atoms with Crippen molar-refractivity contribution in [3.8, 4) is 0 Å². The van der Waals surface area contributed by atoms with Crippen LogP contribution in [0.3, 0.4) is 0 Å². The summed E-state index contributed by atoms with van der Waals surface area (Å²) in [5, 5.41) is 12.7. The van der Waals surface area contributed by atoms with Crippen LogP contribution in [0, 0.1) is 0 Å². The minimum absolute atomic E-state index is 0.0739. The van der Waals surface area contributed by atoms with E-state index in [0.29, 0.717) is 5.56 Å². The molecule has 1 rings (SSSR count). The average Bonchev–Trinajstić information content (AvgIpc) is 2.35. The zero-order chi connectivity index (χ0) is 13.5. The number of nitrogens with one attached hydrogen (secondary N) is 1. The van der Waals surface area contributed by atoms with Crippen molar-refractivity contribution < 1.29 is 9.90 Å². The predicted octanol–water partition coefficient (Wildman–Crippen LogP) is 2.61. The molecule has 0 radical (unpaired) electrons. The number of thioether (sulfide) groups is 1. The molecule has 0 saturated carbocycles. The standard InChI is InChI=1S/C14H21NO2S/c1-10(2)15-14(17)12-6-4-11(5-7-12)13(16)8-9-18-3/h4-7,10,13,16H,8-9H2,1-3H3,(H,15,17). The molecule has 1 atom stereocenters. The summed E-state index contributed by atoms with van der Waals surface area (Å²) in [6, 6.07) is 7.29. The molecular formula is C14H21NO2S. The molecule has 100 valence electrons. The zero-order valence-electron chi connectivity index (χ0n) is 11.1. The lowest BCUT2D eigenvalue weighted by Crippen LogP contribution is -2.30. The van der Waals surface area contributed by atoms with E-state index >= 15 is 0 Å². The molecule has 2 N–H and O–H groups in total. The van der Waals surface area contributed by atoms with Crippen LogP contribution in [0.4, 0.5) is 0 Å². The lowest BCUT2D eigenvalue weighted by atomic mass is 10.0. The third-order valence-corrected chi connectivity index (χ3v) is 3.22. The Morgan fingerprint density at radius 1 is 1.33 bits per heavy atom. The van der Waals surface area contributed by atoms with Gasteiger partial charge in [0.2, 0.25) is 0 Å². The smallest absolute Gasteiger partial charge is 0.251 e. The van der Waals surface area contributed by atoms with Crippen LogP contribution in [-0.4, -0.2) is 29.1 Å². The van der Waals surface area contributed by atoms with E-state index in [2.05, 4.69) is 5.32 Å². The van der Waals surface area contributed by atoms with Crippen LogP contribution in [0.15, 0.2) is 24.3 Å². The van der Waals surface area contributed by atoms with Crippen LogP contribution in [0.2, 0.25) is 0 Å². The third kappa shape index (κ3) is 4.70. The molecule has 1 aromatic rings. The molecule has 0 saturated heterocycles. The number of rotatable bonds is 6. The van der Waals surface area contributed by atoms with Crippen LogP contribution in [-0.2, 0) is 0 Å². The average molecular weight is 267 g/mol. The molecule has 0 spiro atoms. The molecular weight excluding hydrogens is 246 g/mol. The van der Waals surface area contributed by atoms with Gasteiger partial charge in [-0.2, -0.15) is 11.8 Å². The number of carbonyl (C=O) groups is 1. The van der Waals surface area contributed by atoms with Crippen LogP contribution in [0.1, 0.15) is 42.3 Å². The van der Waals surface area contributed by atoms with Crippen molar-refractivity contribution in [1.29, 1.82) is 0 Å². The number of carbonyl (C=O) groups excluding carboxylic acids is 1. The van der Waals surface area contributed by atoms with Crippen molar-refractivity contribution in [2.24, 2.45) is 0 Å². The largest absolute Gasteiger partial charge is 0.388 e. The SMILES string of the molecule is CSCCC(O)c1ccc(C(=O)NC(C)C)cc1. The Bertz CT molecular complexity index is 376. The first-order valence-electron chi connectivity index (χ1n) is 6.12. The maximum absolute atomic E-state index is 11.7. The predicted molar refractivity (Wildman–Crippen MR) is 77.0 cm³/mol. The second-order valence-corrected chi connectivity index (χ2v) is 5.53. The minimum Gasteiger partial charge on any atom is -0.388 e. The fourth-order valence-electron chi connectivity index (χ4n) is 1.60.